The van der Waals surface area contributed by atoms with Crippen LogP contribution in [0.25, 0.3) is 6.08 Å². The minimum Gasteiger partial charge on any atom is -0.372 e. The Morgan fingerprint density at radius 3 is 2.16 bits per heavy atom. The second kappa shape index (κ2) is 14.1. The highest BCUT2D eigenvalue weighted by molar-refractivity contribution is 8.26. The number of hydrogen-bond acceptors (Lipinski definition) is 7. The van der Waals surface area contributed by atoms with Crippen molar-refractivity contribution >= 4 is 61.9 Å². The van der Waals surface area contributed by atoms with Gasteiger partial charge in [0.2, 0.25) is 10.0 Å². The Balaban J connectivity index is 2.05. The summed E-state index contributed by atoms with van der Waals surface area (Å²) < 4.78 is 61.7. The van der Waals surface area contributed by atoms with Crippen molar-refractivity contribution in [1.82, 2.24) is 9.62 Å². The van der Waals surface area contributed by atoms with Crippen LogP contribution >= 0.6 is 24.0 Å². The van der Waals surface area contributed by atoms with E-state index in [9.17, 15) is 31.2 Å². The minimum atomic E-state index is -5.34. The van der Waals surface area contributed by atoms with Crippen LogP contribution in [0, 0.1) is 0 Å². The van der Waals surface area contributed by atoms with E-state index < -0.39 is 40.3 Å². The molecule has 0 radical (unpaired) electrons. The number of thiocarbonyl (C=S) groups is 1. The van der Waals surface area contributed by atoms with Gasteiger partial charge in [-0.05, 0) is 36.6 Å². The van der Waals surface area contributed by atoms with Crippen LogP contribution in [0.1, 0.15) is 57.9 Å². The Morgan fingerprint density at radius 1 is 1.08 bits per heavy atom. The van der Waals surface area contributed by atoms with Gasteiger partial charge in [0, 0.05) is 25.3 Å². The average Bonchev–Trinajstić information content (AvgIpc) is 3.08. The fraction of sp³-hybridized carbons (Fsp3) is 0.542. The van der Waals surface area contributed by atoms with Crippen molar-refractivity contribution in [2.45, 2.75) is 58.5 Å². The molecule has 0 spiro atoms. The van der Waals surface area contributed by atoms with E-state index in [0.29, 0.717) is 0 Å². The lowest BCUT2D eigenvalue weighted by atomic mass is 10.1. The summed E-state index contributed by atoms with van der Waals surface area (Å²) in [5, 5.41) is 0. The van der Waals surface area contributed by atoms with E-state index in [1.807, 2.05) is 24.3 Å². The molecule has 0 atom stereocenters. The molecule has 1 heterocycles. The molecule has 1 aromatic rings. The number of halogens is 3. The van der Waals surface area contributed by atoms with Crippen molar-refractivity contribution in [3.05, 3.63) is 34.7 Å². The third-order valence-electron chi connectivity index (χ3n) is 5.58. The van der Waals surface area contributed by atoms with E-state index in [0.717, 1.165) is 71.4 Å². The maximum absolute atomic E-state index is 12.8. The number of unbranched alkanes of at least 4 members (excludes halogenated alkanes) is 4. The van der Waals surface area contributed by atoms with E-state index in [1.165, 1.54) is 12.8 Å². The number of carbonyl (C=O) groups excluding carboxylic acids is 2. The quantitative estimate of drug-likeness (QED) is 0.187. The Bertz CT molecular complexity index is 1080. The zero-order valence-corrected chi connectivity index (χ0v) is 23.3. The van der Waals surface area contributed by atoms with Gasteiger partial charge in [0.05, 0.1) is 10.7 Å². The number of thioether (sulfide) groups is 1. The lowest BCUT2D eigenvalue weighted by molar-refractivity contribution is -0.171. The smallest absolute Gasteiger partial charge is 0.372 e. The van der Waals surface area contributed by atoms with Gasteiger partial charge in [0.1, 0.15) is 4.32 Å². The molecule has 13 heteroatoms. The Morgan fingerprint density at radius 2 is 1.65 bits per heavy atom. The highest BCUT2D eigenvalue weighted by Crippen LogP contribution is 2.33. The third-order valence-corrected chi connectivity index (χ3v) is 8.18. The molecule has 0 aliphatic carbocycles. The molecule has 0 saturated carbocycles. The minimum absolute atomic E-state index is 0.0863. The molecular weight excluding hydrogens is 547 g/mol. The number of anilines is 1. The van der Waals surface area contributed by atoms with E-state index in [4.69, 9.17) is 12.2 Å². The number of carbonyl (C=O) groups is 2. The van der Waals surface area contributed by atoms with Gasteiger partial charge in [-0.1, -0.05) is 75.6 Å². The largest absolute Gasteiger partial charge is 0.472 e. The number of benzene rings is 1. The van der Waals surface area contributed by atoms with Crippen molar-refractivity contribution in [3.63, 3.8) is 0 Å². The molecule has 0 aromatic heterocycles. The SMILES string of the molecule is CCCCCN(CCCCC)c1ccc(/C=C2\SC(=S)N(CCS(=O)(=O)NC(=O)C(F)(F)F)C2=O)cc1. The standard InChI is InChI=1S/C24H32F3N3O4S3/c1-3-5-7-13-29(14-8-6-4-2)19-11-9-18(10-12-19)17-20-21(31)30(23(35)36-20)15-16-37(33,34)28-22(32)24(25,26)27/h9-12,17H,3-8,13-16H2,1-2H3,(H,28,32)/b20-17-. The number of amides is 2. The monoisotopic (exact) mass is 579 g/mol. The first-order valence-corrected chi connectivity index (χ1v) is 15.0. The number of sulfonamides is 1. The average molecular weight is 580 g/mol. The van der Waals surface area contributed by atoms with Crippen molar-refractivity contribution in [2.24, 2.45) is 0 Å². The first-order chi connectivity index (χ1) is 17.4. The van der Waals surface area contributed by atoms with Crippen LogP contribution in [0.15, 0.2) is 29.2 Å². The first kappa shape index (κ1) is 31.1. The molecule has 206 valence electrons. The van der Waals surface area contributed by atoms with Gasteiger partial charge in [-0.25, -0.2) is 13.1 Å². The van der Waals surface area contributed by atoms with E-state index >= 15 is 0 Å². The maximum Gasteiger partial charge on any atom is 0.472 e. The third kappa shape index (κ3) is 9.93. The summed E-state index contributed by atoms with van der Waals surface area (Å²) in [6.07, 6.45) is 3.16. The zero-order valence-electron chi connectivity index (χ0n) is 20.8. The normalized spacial score (nSPS) is 15.5. The maximum atomic E-state index is 12.8. The van der Waals surface area contributed by atoms with Gasteiger partial charge in [0.25, 0.3) is 5.91 Å². The molecule has 2 rings (SSSR count). The molecule has 1 aromatic carbocycles. The van der Waals surface area contributed by atoms with Gasteiger partial charge < -0.3 is 4.90 Å². The second-order valence-electron chi connectivity index (χ2n) is 8.57. The number of rotatable bonds is 14. The highest BCUT2D eigenvalue weighted by atomic mass is 32.2. The van der Waals surface area contributed by atoms with E-state index in [2.05, 4.69) is 18.7 Å². The molecule has 37 heavy (non-hydrogen) atoms. The summed E-state index contributed by atoms with van der Waals surface area (Å²) in [5.41, 5.74) is 1.86. The fourth-order valence-electron chi connectivity index (χ4n) is 3.56. The summed E-state index contributed by atoms with van der Waals surface area (Å²) in [7, 11) is -4.61. The van der Waals surface area contributed by atoms with Crippen LogP contribution in [0.5, 0.6) is 0 Å². The van der Waals surface area contributed by atoms with Crippen molar-refractivity contribution < 1.29 is 31.2 Å². The highest BCUT2D eigenvalue weighted by Gasteiger charge is 2.41. The summed E-state index contributed by atoms with van der Waals surface area (Å²) in [6, 6.07) is 7.79. The van der Waals surface area contributed by atoms with Crippen molar-refractivity contribution in [3.8, 4) is 0 Å². The Hall–Kier alpha value is -2.12. The lowest BCUT2D eigenvalue weighted by Gasteiger charge is -2.25. The first-order valence-electron chi connectivity index (χ1n) is 12.1. The van der Waals surface area contributed by atoms with Crippen LogP contribution in [0.2, 0.25) is 0 Å². The molecule has 1 fully saturated rings. The zero-order chi connectivity index (χ0) is 27.6. The summed E-state index contributed by atoms with van der Waals surface area (Å²) in [5.74, 6) is -4.04. The molecule has 1 aliphatic heterocycles. The van der Waals surface area contributed by atoms with Crippen LogP contribution in [-0.4, -0.2) is 61.0 Å². The van der Waals surface area contributed by atoms with E-state index in [-0.39, 0.29) is 9.23 Å². The van der Waals surface area contributed by atoms with Crippen LogP contribution in [0.4, 0.5) is 18.9 Å². The predicted molar refractivity (Wildman–Crippen MR) is 146 cm³/mol. The summed E-state index contributed by atoms with van der Waals surface area (Å²) in [4.78, 5) is 27.3. The van der Waals surface area contributed by atoms with Crippen molar-refractivity contribution in [2.75, 3.05) is 30.3 Å². The van der Waals surface area contributed by atoms with Crippen LogP contribution < -0.4 is 9.62 Å². The van der Waals surface area contributed by atoms with Crippen molar-refractivity contribution in [1.29, 1.82) is 0 Å². The molecule has 7 nitrogen and oxygen atoms in total. The molecular formula is C24H32F3N3O4S3. The predicted octanol–water partition coefficient (Wildman–Crippen LogP) is 5.08. The molecule has 1 saturated heterocycles. The van der Waals surface area contributed by atoms with Gasteiger partial charge in [0.15, 0.2) is 0 Å². The van der Waals surface area contributed by atoms with Gasteiger partial charge in [-0.3, -0.25) is 14.5 Å². The Labute approximate surface area is 225 Å². The molecule has 2 amide bonds. The topological polar surface area (TPSA) is 86.8 Å². The molecule has 1 N–H and O–H groups in total. The number of nitrogens with zero attached hydrogens (tertiary/aromatic N) is 2. The van der Waals surface area contributed by atoms with Crippen LogP contribution in [0.3, 0.4) is 0 Å². The molecule has 1 aliphatic rings. The number of nitrogens with one attached hydrogen (secondary N) is 1. The van der Waals surface area contributed by atoms with Gasteiger partial charge in [-0.15, -0.1) is 0 Å². The van der Waals surface area contributed by atoms with Gasteiger partial charge in [-0.2, -0.15) is 13.2 Å². The molecule has 0 unspecified atom stereocenters. The second-order valence-corrected chi connectivity index (χ2v) is 12.1. The number of hydrogen-bond donors (Lipinski definition) is 1. The summed E-state index contributed by atoms with van der Waals surface area (Å²) in [6.45, 7) is 5.81. The van der Waals surface area contributed by atoms with E-state index in [1.54, 1.807) is 6.08 Å². The summed E-state index contributed by atoms with van der Waals surface area (Å²) >= 11 is 6.14. The van der Waals surface area contributed by atoms with Crippen LogP contribution in [-0.2, 0) is 19.6 Å². The Kier molecular flexibility index (Phi) is 11.9. The lowest BCUT2D eigenvalue weighted by Crippen LogP contribution is -2.44. The number of alkyl halides is 3. The van der Waals surface area contributed by atoms with Gasteiger partial charge >= 0.3 is 12.1 Å². The molecule has 0 bridgehead atoms. The fourth-order valence-corrected chi connectivity index (χ4v) is 5.79.